The van der Waals surface area contributed by atoms with Gasteiger partial charge in [-0.3, -0.25) is 9.00 Å². The van der Waals surface area contributed by atoms with Gasteiger partial charge in [0.2, 0.25) is 0 Å². The van der Waals surface area contributed by atoms with E-state index >= 15 is 0 Å². The SMILES string of the molecule is CC(c1ccccc1)S(=O)CC1(CC(=O)O)CC1. The van der Waals surface area contributed by atoms with Crippen LogP contribution >= 0.6 is 0 Å². The Balaban J connectivity index is 1.98. The number of rotatable bonds is 6. The number of aliphatic carboxylic acids is 1. The summed E-state index contributed by atoms with van der Waals surface area (Å²) in [5.74, 6) is -0.271. The third-order valence-electron chi connectivity index (χ3n) is 3.60. The standard InChI is InChI=1S/C14H18O3S/c1-11(12-5-3-2-4-6-12)18(17)10-14(7-8-14)9-13(15)16/h2-6,11H,7-10H2,1H3,(H,15,16). The van der Waals surface area contributed by atoms with Gasteiger partial charge in [-0.2, -0.15) is 0 Å². The van der Waals surface area contributed by atoms with Crippen molar-refractivity contribution in [3.8, 4) is 0 Å². The summed E-state index contributed by atoms with van der Waals surface area (Å²) in [7, 11) is -1.00. The van der Waals surface area contributed by atoms with E-state index in [2.05, 4.69) is 0 Å². The van der Waals surface area contributed by atoms with Gasteiger partial charge in [-0.15, -0.1) is 0 Å². The van der Waals surface area contributed by atoms with Crippen molar-refractivity contribution in [1.82, 2.24) is 0 Å². The zero-order chi connectivity index (χ0) is 13.2. The second-order valence-electron chi connectivity index (χ2n) is 5.15. The molecule has 1 aromatic rings. The highest BCUT2D eigenvalue weighted by Gasteiger charge is 2.46. The van der Waals surface area contributed by atoms with Gasteiger partial charge >= 0.3 is 5.97 Å². The molecular weight excluding hydrogens is 248 g/mol. The Morgan fingerprint density at radius 3 is 2.50 bits per heavy atom. The van der Waals surface area contributed by atoms with Crippen molar-refractivity contribution in [2.45, 2.75) is 31.4 Å². The van der Waals surface area contributed by atoms with Crippen LogP contribution in [0.15, 0.2) is 30.3 Å². The summed E-state index contributed by atoms with van der Waals surface area (Å²) in [6, 6.07) is 9.75. The number of carboxylic acids is 1. The van der Waals surface area contributed by atoms with Crippen LogP contribution in [0.4, 0.5) is 0 Å². The predicted molar refractivity (Wildman–Crippen MR) is 71.8 cm³/mol. The van der Waals surface area contributed by atoms with Crippen LogP contribution < -0.4 is 0 Å². The van der Waals surface area contributed by atoms with E-state index in [0.717, 1.165) is 18.4 Å². The molecule has 3 nitrogen and oxygen atoms in total. The molecule has 98 valence electrons. The van der Waals surface area contributed by atoms with E-state index in [0.29, 0.717) is 5.75 Å². The summed E-state index contributed by atoms with van der Waals surface area (Å²) < 4.78 is 12.3. The van der Waals surface area contributed by atoms with Crippen LogP contribution in [0.5, 0.6) is 0 Å². The fourth-order valence-corrected chi connectivity index (χ4v) is 3.88. The van der Waals surface area contributed by atoms with E-state index < -0.39 is 16.8 Å². The van der Waals surface area contributed by atoms with Gasteiger partial charge < -0.3 is 5.11 Å². The molecular formula is C14H18O3S. The lowest BCUT2D eigenvalue weighted by Crippen LogP contribution is -2.19. The zero-order valence-corrected chi connectivity index (χ0v) is 11.3. The number of carboxylic acid groups (broad SMARTS) is 1. The highest BCUT2D eigenvalue weighted by atomic mass is 32.2. The molecule has 0 bridgehead atoms. The Morgan fingerprint density at radius 1 is 1.39 bits per heavy atom. The average Bonchev–Trinajstić information content (AvgIpc) is 3.07. The van der Waals surface area contributed by atoms with Crippen LogP contribution in [0, 0.1) is 5.41 Å². The number of carbonyl (C=O) groups is 1. The molecule has 0 amide bonds. The molecule has 4 heteroatoms. The number of benzene rings is 1. The third-order valence-corrected chi connectivity index (χ3v) is 5.55. The highest BCUT2D eigenvalue weighted by Crippen LogP contribution is 2.50. The van der Waals surface area contributed by atoms with E-state index in [1.54, 1.807) is 0 Å². The Kier molecular flexibility index (Phi) is 3.85. The van der Waals surface area contributed by atoms with Gasteiger partial charge in [-0.05, 0) is 30.7 Å². The van der Waals surface area contributed by atoms with Crippen LogP contribution in [0.2, 0.25) is 0 Å². The lowest BCUT2D eigenvalue weighted by atomic mass is 10.1. The molecule has 0 heterocycles. The summed E-state index contributed by atoms with van der Waals surface area (Å²) >= 11 is 0. The van der Waals surface area contributed by atoms with Crippen molar-refractivity contribution in [3.63, 3.8) is 0 Å². The maximum Gasteiger partial charge on any atom is 0.303 e. The van der Waals surface area contributed by atoms with E-state index in [1.165, 1.54) is 0 Å². The maximum absolute atomic E-state index is 12.3. The molecule has 1 aliphatic carbocycles. The molecule has 1 aliphatic rings. The monoisotopic (exact) mass is 266 g/mol. The van der Waals surface area contributed by atoms with Gasteiger partial charge in [0.25, 0.3) is 0 Å². The molecule has 1 saturated carbocycles. The first-order valence-electron chi connectivity index (χ1n) is 6.16. The smallest absolute Gasteiger partial charge is 0.303 e. The van der Waals surface area contributed by atoms with Gasteiger partial charge in [0.05, 0.1) is 11.7 Å². The molecule has 1 aromatic carbocycles. The van der Waals surface area contributed by atoms with Crippen molar-refractivity contribution in [1.29, 1.82) is 0 Å². The van der Waals surface area contributed by atoms with Gasteiger partial charge in [0.15, 0.2) is 0 Å². The third kappa shape index (κ3) is 3.19. The molecule has 0 radical (unpaired) electrons. The molecule has 1 N–H and O–H groups in total. The Labute approximate surface area is 110 Å². The average molecular weight is 266 g/mol. The van der Waals surface area contributed by atoms with Gasteiger partial charge in [0.1, 0.15) is 0 Å². The summed E-state index contributed by atoms with van der Waals surface area (Å²) in [4.78, 5) is 10.8. The summed E-state index contributed by atoms with van der Waals surface area (Å²) in [6.07, 6.45) is 1.94. The Bertz CT molecular complexity index is 451. The van der Waals surface area contributed by atoms with Crippen LogP contribution in [-0.4, -0.2) is 21.0 Å². The zero-order valence-electron chi connectivity index (χ0n) is 10.5. The summed E-state index contributed by atoms with van der Waals surface area (Å²) in [6.45, 7) is 1.95. The fourth-order valence-electron chi connectivity index (χ4n) is 2.17. The number of hydrogen-bond acceptors (Lipinski definition) is 2. The Hall–Kier alpha value is -1.16. The van der Waals surface area contributed by atoms with Gasteiger partial charge in [-0.1, -0.05) is 30.3 Å². The van der Waals surface area contributed by atoms with Crippen LogP contribution in [0.3, 0.4) is 0 Å². The van der Waals surface area contributed by atoms with Crippen LogP contribution in [0.1, 0.15) is 37.0 Å². The van der Waals surface area contributed by atoms with Crippen LogP contribution in [-0.2, 0) is 15.6 Å². The lowest BCUT2D eigenvalue weighted by Gasteiger charge is -2.16. The lowest BCUT2D eigenvalue weighted by molar-refractivity contribution is -0.138. The predicted octanol–water partition coefficient (Wildman–Crippen LogP) is 2.75. The van der Waals surface area contributed by atoms with Gasteiger partial charge in [-0.25, -0.2) is 0 Å². The first kappa shape index (κ1) is 13.3. The van der Waals surface area contributed by atoms with Crippen LogP contribution in [0.25, 0.3) is 0 Å². The van der Waals surface area contributed by atoms with Crippen molar-refractivity contribution in [2.75, 3.05) is 5.75 Å². The molecule has 2 atom stereocenters. The summed E-state index contributed by atoms with van der Waals surface area (Å²) in [5, 5.41) is 8.83. The Morgan fingerprint density at radius 2 is 2.00 bits per heavy atom. The van der Waals surface area contributed by atoms with Gasteiger partial charge in [0, 0.05) is 16.6 Å². The maximum atomic E-state index is 12.3. The largest absolute Gasteiger partial charge is 0.481 e. The van der Waals surface area contributed by atoms with Crippen molar-refractivity contribution < 1.29 is 14.1 Å². The minimum Gasteiger partial charge on any atom is -0.481 e. The molecule has 0 aliphatic heterocycles. The quantitative estimate of drug-likeness (QED) is 0.861. The topological polar surface area (TPSA) is 54.4 Å². The van der Waals surface area contributed by atoms with Crippen molar-refractivity contribution >= 4 is 16.8 Å². The van der Waals surface area contributed by atoms with Crippen molar-refractivity contribution in [2.24, 2.45) is 5.41 Å². The minimum absolute atomic E-state index is 0.0301. The molecule has 2 unspecified atom stereocenters. The van der Waals surface area contributed by atoms with E-state index in [-0.39, 0.29) is 17.1 Å². The molecule has 0 aromatic heterocycles. The second-order valence-corrected chi connectivity index (χ2v) is 6.91. The molecule has 1 fully saturated rings. The highest BCUT2D eigenvalue weighted by molar-refractivity contribution is 7.85. The number of hydrogen-bond donors (Lipinski definition) is 1. The van der Waals surface area contributed by atoms with E-state index in [1.807, 2.05) is 37.3 Å². The first-order chi connectivity index (χ1) is 8.52. The van der Waals surface area contributed by atoms with E-state index in [4.69, 9.17) is 5.11 Å². The minimum atomic E-state index is -1.00. The van der Waals surface area contributed by atoms with Crippen molar-refractivity contribution in [3.05, 3.63) is 35.9 Å². The molecule has 0 saturated heterocycles. The molecule has 0 spiro atoms. The first-order valence-corrected chi connectivity index (χ1v) is 7.55. The summed E-state index contributed by atoms with van der Waals surface area (Å²) in [5.41, 5.74) is 0.863. The second kappa shape index (κ2) is 5.22. The molecule has 18 heavy (non-hydrogen) atoms. The fraction of sp³-hybridized carbons (Fsp3) is 0.500. The van der Waals surface area contributed by atoms with E-state index in [9.17, 15) is 9.00 Å². The molecule has 2 rings (SSSR count). The normalized spacial score (nSPS) is 20.1.